The number of esters is 1. The van der Waals surface area contributed by atoms with Gasteiger partial charge in [0.1, 0.15) is 12.4 Å². The number of ether oxygens (including phenoxy) is 2. The summed E-state index contributed by atoms with van der Waals surface area (Å²) >= 11 is 0. The molecule has 0 saturated heterocycles. The Bertz CT molecular complexity index is 632. The third kappa shape index (κ3) is 4.09. The summed E-state index contributed by atoms with van der Waals surface area (Å²) in [6.45, 7) is 4.50. The molecule has 0 amide bonds. The van der Waals surface area contributed by atoms with E-state index in [9.17, 15) is 4.79 Å². The summed E-state index contributed by atoms with van der Waals surface area (Å²) in [6, 6.07) is 13.9. The molecule has 0 saturated carbocycles. The lowest BCUT2D eigenvalue weighted by Crippen LogP contribution is -2.08. The van der Waals surface area contributed by atoms with E-state index in [4.69, 9.17) is 9.47 Å². The summed E-state index contributed by atoms with van der Waals surface area (Å²) in [6.07, 6.45) is 0.267. The number of benzene rings is 2. The van der Waals surface area contributed by atoms with Crippen LogP contribution < -0.4 is 4.74 Å². The molecule has 2 aromatic carbocycles. The molecule has 0 fully saturated rings. The molecule has 2 aromatic rings. The molecule has 0 bridgehead atoms. The number of rotatable bonds is 5. The van der Waals surface area contributed by atoms with Crippen LogP contribution in [0.1, 0.15) is 22.3 Å². The van der Waals surface area contributed by atoms with E-state index in [1.54, 1.807) is 0 Å². The lowest BCUT2D eigenvalue weighted by atomic mass is 10.1. The third-order valence-corrected chi connectivity index (χ3v) is 3.41. The number of methoxy groups -OCH3 is 1. The van der Waals surface area contributed by atoms with Crippen LogP contribution in [0.15, 0.2) is 42.5 Å². The Morgan fingerprint density at radius 3 is 2.48 bits per heavy atom. The Hall–Kier alpha value is -2.29. The Kier molecular flexibility index (Phi) is 4.99. The lowest BCUT2D eigenvalue weighted by Gasteiger charge is -2.12. The summed E-state index contributed by atoms with van der Waals surface area (Å²) in [5.74, 6) is 0.636. The van der Waals surface area contributed by atoms with Crippen molar-refractivity contribution in [3.05, 3.63) is 64.7 Å². The fourth-order valence-corrected chi connectivity index (χ4v) is 2.12. The molecule has 2 rings (SSSR count). The van der Waals surface area contributed by atoms with Crippen LogP contribution in [-0.4, -0.2) is 13.1 Å². The first-order valence-corrected chi connectivity index (χ1v) is 6.94. The Morgan fingerprint density at radius 1 is 1.05 bits per heavy atom. The van der Waals surface area contributed by atoms with Crippen LogP contribution in [0, 0.1) is 13.8 Å². The van der Waals surface area contributed by atoms with Gasteiger partial charge in [-0.25, -0.2) is 0 Å². The quantitative estimate of drug-likeness (QED) is 0.787. The fourth-order valence-electron chi connectivity index (χ4n) is 2.12. The van der Waals surface area contributed by atoms with Gasteiger partial charge in [-0.3, -0.25) is 4.79 Å². The van der Waals surface area contributed by atoms with Crippen LogP contribution in [0.3, 0.4) is 0 Å². The molecule has 0 spiro atoms. The fraction of sp³-hybridized carbons (Fsp3) is 0.278. The average Bonchev–Trinajstić information content (AvgIpc) is 2.49. The minimum absolute atomic E-state index is 0.241. The molecule has 0 radical (unpaired) electrons. The highest BCUT2D eigenvalue weighted by molar-refractivity contribution is 5.72. The molecule has 0 aliphatic carbocycles. The van der Waals surface area contributed by atoms with E-state index >= 15 is 0 Å². The zero-order valence-corrected chi connectivity index (χ0v) is 12.7. The number of hydrogen-bond donors (Lipinski definition) is 0. The van der Waals surface area contributed by atoms with Crippen molar-refractivity contribution in [3.63, 3.8) is 0 Å². The molecule has 0 unspecified atom stereocenters. The number of aryl methyl sites for hydroxylation is 2. The summed E-state index contributed by atoms with van der Waals surface area (Å²) < 4.78 is 10.6. The molecule has 110 valence electrons. The summed E-state index contributed by atoms with van der Waals surface area (Å²) in [5.41, 5.74) is 4.21. The van der Waals surface area contributed by atoms with E-state index in [1.807, 2.05) is 50.2 Å². The molecule has 3 heteroatoms. The zero-order valence-electron chi connectivity index (χ0n) is 12.7. The largest absolute Gasteiger partial charge is 0.489 e. The summed E-state index contributed by atoms with van der Waals surface area (Å²) in [5, 5.41) is 0. The van der Waals surface area contributed by atoms with Gasteiger partial charge in [-0.15, -0.1) is 0 Å². The van der Waals surface area contributed by atoms with Crippen molar-refractivity contribution in [1.82, 2.24) is 0 Å². The monoisotopic (exact) mass is 284 g/mol. The molecule has 0 aliphatic heterocycles. The van der Waals surface area contributed by atoms with Crippen molar-refractivity contribution in [2.45, 2.75) is 26.9 Å². The van der Waals surface area contributed by atoms with E-state index in [0.29, 0.717) is 6.61 Å². The molecule has 0 heterocycles. The van der Waals surface area contributed by atoms with E-state index in [1.165, 1.54) is 12.7 Å². The smallest absolute Gasteiger partial charge is 0.309 e. The number of hydrogen-bond acceptors (Lipinski definition) is 3. The van der Waals surface area contributed by atoms with Gasteiger partial charge in [0.2, 0.25) is 0 Å². The van der Waals surface area contributed by atoms with E-state index in [0.717, 1.165) is 22.4 Å². The van der Waals surface area contributed by atoms with Crippen molar-refractivity contribution >= 4 is 5.97 Å². The van der Waals surface area contributed by atoms with E-state index < -0.39 is 0 Å². The summed E-state index contributed by atoms with van der Waals surface area (Å²) in [7, 11) is 1.40. The summed E-state index contributed by atoms with van der Waals surface area (Å²) in [4.78, 5) is 11.4. The highest BCUT2D eigenvalue weighted by Gasteiger charge is 2.09. The normalized spacial score (nSPS) is 10.2. The van der Waals surface area contributed by atoms with Gasteiger partial charge in [0.05, 0.1) is 13.5 Å². The van der Waals surface area contributed by atoms with Crippen molar-refractivity contribution in [3.8, 4) is 5.75 Å². The van der Waals surface area contributed by atoms with Gasteiger partial charge in [0, 0.05) is 0 Å². The van der Waals surface area contributed by atoms with Crippen molar-refractivity contribution in [1.29, 1.82) is 0 Å². The molecule has 0 aliphatic rings. The lowest BCUT2D eigenvalue weighted by molar-refractivity contribution is -0.139. The van der Waals surface area contributed by atoms with Gasteiger partial charge in [0.25, 0.3) is 0 Å². The second kappa shape index (κ2) is 6.93. The first kappa shape index (κ1) is 15.1. The molecule has 0 atom stereocenters. The maximum absolute atomic E-state index is 11.4. The molecule has 21 heavy (non-hydrogen) atoms. The van der Waals surface area contributed by atoms with Crippen molar-refractivity contribution in [2.75, 3.05) is 7.11 Å². The minimum Gasteiger partial charge on any atom is -0.489 e. The second-order valence-electron chi connectivity index (χ2n) is 5.08. The predicted octanol–water partition coefficient (Wildman–Crippen LogP) is 3.60. The van der Waals surface area contributed by atoms with Crippen molar-refractivity contribution in [2.24, 2.45) is 0 Å². The molecule has 3 nitrogen and oxygen atoms in total. The van der Waals surface area contributed by atoms with Gasteiger partial charge in [-0.05, 0) is 42.2 Å². The standard InChI is InChI=1S/C18H20O3/c1-13-8-9-14(2)17(10-13)21-12-16-7-5-4-6-15(16)11-18(19)20-3/h4-10H,11-12H2,1-3H3. The van der Waals surface area contributed by atoms with Crippen LogP contribution in [0.25, 0.3) is 0 Å². The van der Waals surface area contributed by atoms with Crippen LogP contribution in [0.4, 0.5) is 0 Å². The van der Waals surface area contributed by atoms with Crippen LogP contribution >= 0.6 is 0 Å². The van der Waals surface area contributed by atoms with E-state index in [-0.39, 0.29) is 12.4 Å². The Balaban J connectivity index is 2.13. The predicted molar refractivity (Wildman–Crippen MR) is 82.4 cm³/mol. The first-order valence-electron chi connectivity index (χ1n) is 6.94. The van der Waals surface area contributed by atoms with Gasteiger partial charge >= 0.3 is 5.97 Å². The maximum atomic E-state index is 11.4. The molecular formula is C18H20O3. The van der Waals surface area contributed by atoms with Gasteiger partial charge in [0.15, 0.2) is 0 Å². The first-order chi connectivity index (χ1) is 10.1. The van der Waals surface area contributed by atoms with Gasteiger partial charge in [-0.2, -0.15) is 0 Å². The second-order valence-corrected chi connectivity index (χ2v) is 5.08. The zero-order chi connectivity index (χ0) is 15.2. The third-order valence-electron chi connectivity index (χ3n) is 3.41. The topological polar surface area (TPSA) is 35.5 Å². The average molecular weight is 284 g/mol. The Morgan fingerprint density at radius 2 is 1.76 bits per heavy atom. The van der Waals surface area contributed by atoms with Crippen LogP contribution in [0.2, 0.25) is 0 Å². The van der Waals surface area contributed by atoms with Gasteiger partial charge in [-0.1, -0.05) is 36.4 Å². The van der Waals surface area contributed by atoms with Crippen LogP contribution in [0.5, 0.6) is 5.75 Å². The SMILES string of the molecule is COC(=O)Cc1ccccc1COc1cc(C)ccc1C. The number of carbonyl (C=O) groups is 1. The van der Waals surface area contributed by atoms with Gasteiger partial charge < -0.3 is 9.47 Å². The number of carbonyl (C=O) groups excluding carboxylic acids is 1. The maximum Gasteiger partial charge on any atom is 0.309 e. The Labute approximate surface area is 125 Å². The molecule has 0 aromatic heterocycles. The molecule has 0 N–H and O–H groups in total. The highest BCUT2D eigenvalue weighted by Crippen LogP contribution is 2.21. The minimum atomic E-state index is -0.241. The highest BCUT2D eigenvalue weighted by atomic mass is 16.5. The van der Waals surface area contributed by atoms with Crippen molar-refractivity contribution < 1.29 is 14.3 Å². The van der Waals surface area contributed by atoms with Crippen LogP contribution in [-0.2, 0) is 22.6 Å². The molecular weight excluding hydrogens is 264 g/mol. The van der Waals surface area contributed by atoms with E-state index in [2.05, 4.69) is 6.07 Å².